The Morgan fingerprint density at radius 3 is 2.47 bits per heavy atom. The lowest BCUT2D eigenvalue weighted by Gasteiger charge is -2.02. The molecular weight excluding hydrogens is 273 g/mol. The van der Waals surface area contributed by atoms with E-state index in [4.69, 9.17) is 0 Å². The molecule has 0 aromatic heterocycles. The van der Waals surface area contributed by atoms with Crippen molar-refractivity contribution in [1.82, 2.24) is 0 Å². The van der Waals surface area contributed by atoms with Gasteiger partial charge < -0.3 is 0 Å². The zero-order chi connectivity index (χ0) is 13.8. The lowest BCUT2D eigenvalue weighted by molar-refractivity contribution is 0.102. The minimum Gasteiger partial charge on any atom is -0.293 e. The van der Waals surface area contributed by atoms with Crippen LogP contribution in [0.3, 0.4) is 0 Å². The van der Waals surface area contributed by atoms with E-state index in [1.165, 1.54) is 24.3 Å². The first kappa shape index (κ1) is 13.7. The Hall–Kier alpha value is -1.75. The van der Waals surface area contributed by atoms with Crippen LogP contribution in [0.5, 0.6) is 0 Å². The molecule has 0 atom stereocenters. The van der Waals surface area contributed by atoms with Crippen LogP contribution in [0.25, 0.3) is 0 Å². The van der Waals surface area contributed by atoms with Gasteiger partial charge in [0, 0.05) is 10.5 Å². The van der Waals surface area contributed by atoms with Crippen molar-refractivity contribution in [2.24, 2.45) is 0 Å². The number of carbonyl (C=O) groups is 1. The summed E-state index contributed by atoms with van der Waals surface area (Å²) in [6.07, 6.45) is 0. The maximum Gasteiger partial charge on any atom is 0.173 e. The Bertz CT molecular complexity index is 613. The van der Waals surface area contributed by atoms with Gasteiger partial charge in [-0.25, -0.2) is 13.2 Å². The highest BCUT2D eigenvalue weighted by molar-refractivity contribution is 8.00. The van der Waals surface area contributed by atoms with Crippen LogP contribution < -0.4 is 0 Å². The summed E-state index contributed by atoms with van der Waals surface area (Å²) in [5.74, 6) is -2.60. The molecule has 0 spiro atoms. The fourth-order valence-corrected chi connectivity index (χ4v) is 2.28. The van der Waals surface area contributed by atoms with E-state index in [2.05, 4.69) is 0 Å². The van der Waals surface area contributed by atoms with Crippen LogP contribution in [-0.4, -0.2) is 11.5 Å². The van der Waals surface area contributed by atoms with Crippen LogP contribution in [0.1, 0.15) is 10.4 Å². The molecule has 19 heavy (non-hydrogen) atoms. The SMILES string of the molecule is O=C(CSc1ccc(F)c(F)c1)c1cccc(F)c1. The summed E-state index contributed by atoms with van der Waals surface area (Å²) in [5, 5.41) is 0. The number of rotatable bonds is 4. The summed E-state index contributed by atoms with van der Waals surface area (Å²) < 4.78 is 38.6. The van der Waals surface area contributed by atoms with E-state index in [-0.39, 0.29) is 17.1 Å². The lowest BCUT2D eigenvalue weighted by Crippen LogP contribution is -2.02. The predicted molar refractivity (Wildman–Crippen MR) is 67.8 cm³/mol. The predicted octanol–water partition coefficient (Wildman–Crippen LogP) is 4.08. The monoisotopic (exact) mass is 282 g/mol. The van der Waals surface area contributed by atoms with E-state index in [0.717, 1.165) is 30.0 Å². The van der Waals surface area contributed by atoms with Gasteiger partial charge in [-0.2, -0.15) is 0 Å². The number of halogens is 3. The standard InChI is InChI=1S/C14H9F3OS/c15-10-3-1-2-9(6-10)14(18)8-19-11-4-5-12(16)13(17)7-11/h1-7H,8H2. The molecule has 0 aliphatic heterocycles. The molecule has 0 radical (unpaired) electrons. The molecule has 0 saturated heterocycles. The molecule has 0 heterocycles. The number of thioether (sulfide) groups is 1. The molecule has 2 rings (SSSR count). The van der Waals surface area contributed by atoms with Gasteiger partial charge in [0.25, 0.3) is 0 Å². The summed E-state index contributed by atoms with van der Waals surface area (Å²) in [7, 11) is 0. The van der Waals surface area contributed by atoms with Gasteiger partial charge in [0.15, 0.2) is 17.4 Å². The minimum atomic E-state index is -0.955. The minimum absolute atomic E-state index is 0.0362. The van der Waals surface area contributed by atoms with E-state index < -0.39 is 17.5 Å². The third-order valence-electron chi connectivity index (χ3n) is 2.41. The van der Waals surface area contributed by atoms with E-state index in [9.17, 15) is 18.0 Å². The Morgan fingerprint density at radius 2 is 1.79 bits per heavy atom. The maximum atomic E-state index is 13.0. The molecule has 0 fully saturated rings. The zero-order valence-corrected chi connectivity index (χ0v) is 10.5. The molecule has 1 nitrogen and oxygen atoms in total. The van der Waals surface area contributed by atoms with Crippen LogP contribution in [0.4, 0.5) is 13.2 Å². The van der Waals surface area contributed by atoms with Crippen LogP contribution in [-0.2, 0) is 0 Å². The molecule has 0 aliphatic carbocycles. The molecule has 0 aliphatic rings. The number of benzene rings is 2. The van der Waals surface area contributed by atoms with Crippen molar-refractivity contribution in [3.63, 3.8) is 0 Å². The molecule has 98 valence electrons. The molecule has 0 bridgehead atoms. The largest absolute Gasteiger partial charge is 0.293 e. The second-order valence-corrected chi connectivity index (χ2v) is 4.85. The molecule has 0 N–H and O–H groups in total. The van der Waals surface area contributed by atoms with E-state index in [1.54, 1.807) is 0 Å². The number of hydrogen-bond donors (Lipinski definition) is 0. The molecule has 0 unspecified atom stereocenters. The number of hydrogen-bond acceptors (Lipinski definition) is 2. The molecule has 5 heteroatoms. The summed E-state index contributed by atoms with van der Waals surface area (Å²) >= 11 is 1.07. The van der Waals surface area contributed by atoms with Crippen molar-refractivity contribution in [2.75, 3.05) is 5.75 Å². The van der Waals surface area contributed by atoms with E-state index in [0.29, 0.717) is 4.90 Å². The maximum absolute atomic E-state index is 13.0. The van der Waals surface area contributed by atoms with Gasteiger partial charge in [-0.1, -0.05) is 12.1 Å². The van der Waals surface area contributed by atoms with Crippen LogP contribution in [0.2, 0.25) is 0 Å². The van der Waals surface area contributed by atoms with Crippen LogP contribution in [0.15, 0.2) is 47.4 Å². The molecular formula is C14H9F3OS. The first-order chi connectivity index (χ1) is 9.06. The number of ketones is 1. The topological polar surface area (TPSA) is 17.1 Å². The number of Topliss-reactive ketones (excluding diaryl/α,β-unsaturated/α-hetero) is 1. The Balaban J connectivity index is 2.02. The van der Waals surface area contributed by atoms with Crippen LogP contribution in [0, 0.1) is 17.5 Å². The lowest BCUT2D eigenvalue weighted by atomic mass is 10.1. The van der Waals surface area contributed by atoms with Crippen molar-refractivity contribution < 1.29 is 18.0 Å². The van der Waals surface area contributed by atoms with Crippen LogP contribution >= 0.6 is 11.8 Å². The van der Waals surface area contributed by atoms with Gasteiger partial charge in [0.2, 0.25) is 0 Å². The summed E-state index contributed by atoms with van der Waals surface area (Å²) in [5.41, 5.74) is 0.259. The van der Waals surface area contributed by atoms with Gasteiger partial charge >= 0.3 is 0 Å². The summed E-state index contributed by atoms with van der Waals surface area (Å²) in [6, 6.07) is 8.78. The van der Waals surface area contributed by atoms with Crippen molar-refractivity contribution in [2.45, 2.75) is 4.90 Å². The fraction of sp³-hybridized carbons (Fsp3) is 0.0714. The van der Waals surface area contributed by atoms with Gasteiger partial charge in [0.05, 0.1) is 5.75 Å². The normalized spacial score (nSPS) is 10.5. The van der Waals surface area contributed by atoms with Gasteiger partial charge in [0.1, 0.15) is 5.82 Å². The highest BCUT2D eigenvalue weighted by Gasteiger charge is 2.09. The van der Waals surface area contributed by atoms with Crippen molar-refractivity contribution in [3.05, 3.63) is 65.5 Å². The molecule has 0 amide bonds. The first-order valence-corrected chi connectivity index (χ1v) is 6.41. The van der Waals surface area contributed by atoms with E-state index in [1.807, 2.05) is 0 Å². The highest BCUT2D eigenvalue weighted by atomic mass is 32.2. The molecule has 2 aromatic carbocycles. The average Bonchev–Trinajstić information content (AvgIpc) is 2.40. The second kappa shape index (κ2) is 5.93. The average molecular weight is 282 g/mol. The van der Waals surface area contributed by atoms with Crippen molar-refractivity contribution in [3.8, 4) is 0 Å². The number of carbonyl (C=O) groups excluding carboxylic acids is 1. The quantitative estimate of drug-likeness (QED) is 0.621. The highest BCUT2D eigenvalue weighted by Crippen LogP contribution is 2.21. The summed E-state index contributed by atoms with van der Waals surface area (Å²) in [6.45, 7) is 0. The Labute approximate surface area is 112 Å². The fourth-order valence-electron chi connectivity index (χ4n) is 1.46. The third-order valence-corrected chi connectivity index (χ3v) is 3.40. The smallest absolute Gasteiger partial charge is 0.173 e. The van der Waals surface area contributed by atoms with Crippen molar-refractivity contribution in [1.29, 1.82) is 0 Å². The molecule has 0 saturated carbocycles. The Kier molecular flexibility index (Phi) is 4.27. The van der Waals surface area contributed by atoms with Gasteiger partial charge in [-0.15, -0.1) is 11.8 Å². The van der Waals surface area contributed by atoms with Gasteiger partial charge in [-0.3, -0.25) is 4.79 Å². The second-order valence-electron chi connectivity index (χ2n) is 3.80. The third kappa shape index (κ3) is 3.61. The molecule has 2 aromatic rings. The van der Waals surface area contributed by atoms with Crippen molar-refractivity contribution >= 4 is 17.5 Å². The summed E-state index contributed by atoms with van der Waals surface area (Å²) in [4.78, 5) is 12.2. The van der Waals surface area contributed by atoms with E-state index >= 15 is 0 Å². The first-order valence-electron chi connectivity index (χ1n) is 5.43. The van der Waals surface area contributed by atoms with Gasteiger partial charge in [-0.05, 0) is 30.3 Å². The zero-order valence-electron chi connectivity index (χ0n) is 9.70. The Morgan fingerprint density at radius 1 is 1.00 bits per heavy atom.